The zero-order valence-corrected chi connectivity index (χ0v) is 13.4. The number of aryl methyl sites for hydroxylation is 3. The van der Waals surface area contributed by atoms with E-state index in [-0.39, 0.29) is 10.9 Å². The molecule has 1 aromatic heterocycles. The van der Waals surface area contributed by atoms with E-state index in [1.807, 2.05) is 37.3 Å². The summed E-state index contributed by atoms with van der Waals surface area (Å²) < 4.78 is 30.3. The van der Waals surface area contributed by atoms with Crippen molar-refractivity contribution < 1.29 is 12.6 Å². The Kier molecular flexibility index (Phi) is 3.41. The number of imidazole rings is 1. The summed E-state index contributed by atoms with van der Waals surface area (Å²) in [5.41, 5.74) is 3.72. The maximum atomic E-state index is 12.5. The highest BCUT2D eigenvalue weighted by Crippen LogP contribution is 2.25. The Balaban J connectivity index is 2.04. The van der Waals surface area contributed by atoms with Gasteiger partial charge in [0.1, 0.15) is 4.90 Å². The molecule has 22 heavy (non-hydrogen) atoms. The Hall–Kier alpha value is -2.34. The van der Waals surface area contributed by atoms with Crippen molar-refractivity contribution >= 4 is 21.2 Å². The third kappa shape index (κ3) is 2.57. The number of para-hydroxylation sites is 2. The van der Waals surface area contributed by atoms with Crippen LogP contribution in [0.2, 0.25) is 0 Å². The summed E-state index contributed by atoms with van der Waals surface area (Å²) in [5, 5.41) is 0. The van der Waals surface area contributed by atoms with Gasteiger partial charge >= 0.3 is 16.1 Å². The minimum atomic E-state index is -3.93. The van der Waals surface area contributed by atoms with Gasteiger partial charge in [0.2, 0.25) is 0 Å². The standard InChI is InChI=1S/C16H16N2O3S/c1-10-8-11(2)15(12(3)9-10)22(19,20)21-16-17-13-6-4-5-7-14(13)18-16/h4-9H,1-3H3,(H,17,18). The molecule has 0 saturated heterocycles. The van der Waals surface area contributed by atoms with Gasteiger partial charge in [-0.15, -0.1) is 0 Å². The van der Waals surface area contributed by atoms with Gasteiger partial charge in [-0.05, 0) is 44.0 Å². The molecule has 3 rings (SSSR count). The van der Waals surface area contributed by atoms with Crippen LogP contribution in [0.5, 0.6) is 6.01 Å². The molecule has 0 amide bonds. The van der Waals surface area contributed by atoms with E-state index in [0.29, 0.717) is 16.6 Å². The lowest BCUT2D eigenvalue weighted by Crippen LogP contribution is -2.14. The number of fused-ring (bicyclic) bond motifs is 1. The average molecular weight is 316 g/mol. The summed E-state index contributed by atoms with van der Waals surface area (Å²) in [6, 6.07) is 10.9. The van der Waals surface area contributed by atoms with Crippen LogP contribution in [0.1, 0.15) is 16.7 Å². The zero-order chi connectivity index (χ0) is 15.9. The van der Waals surface area contributed by atoms with Crippen molar-refractivity contribution in [3.05, 3.63) is 53.1 Å². The van der Waals surface area contributed by atoms with Crippen LogP contribution < -0.4 is 4.18 Å². The van der Waals surface area contributed by atoms with Crippen LogP contribution in [-0.4, -0.2) is 18.4 Å². The number of aromatic amines is 1. The smallest absolute Gasteiger partial charge is 0.341 e. The summed E-state index contributed by atoms with van der Waals surface area (Å²) in [7, 11) is -3.93. The van der Waals surface area contributed by atoms with Crippen molar-refractivity contribution in [2.24, 2.45) is 0 Å². The second-order valence-electron chi connectivity index (χ2n) is 5.32. The Morgan fingerprint density at radius 3 is 2.32 bits per heavy atom. The highest BCUT2D eigenvalue weighted by atomic mass is 32.2. The van der Waals surface area contributed by atoms with Crippen LogP contribution >= 0.6 is 0 Å². The molecule has 1 heterocycles. The number of hydrogen-bond donors (Lipinski definition) is 1. The number of nitrogens with one attached hydrogen (secondary N) is 1. The summed E-state index contributed by atoms with van der Waals surface area (Å²) >= 11 is 0. The predicted molar refractivity (Wildman–Crippen MR) is 84.6 cm³/mol. The number of H-pyrrole nitrogens is 1. The first-order valence-corrected chi connectivity index (χ1v) is 8.25. The number of hydrogen-bond acceptors (Lipinski definition) is 4. The lowest BCUT2D eigenvalue weighted by Gasteiger charge is -2.11. The van der Waals surface area contributed by atoms with Crippen molar-refractivity contribution in [2.45, 2.75) is 25.7 Å². The van der Waals surface area contributed by atoms with Gasteiger partial charge in [-0.3, -0.25) is 0 Å². The molecule has 0 unspecified atom stereocenters. The highest BCUT2D eigenvalue weighted by Gasteiger charge is 2.23. The minimum Gasteiger partial charge on any atom is -0.341 e. The SMILES string of the molecule is Cc1cc(C)c(S(=O)(=O)Oc2nc3ccccc3[nH]2)c(C)c1. The van der Waals surface area contributed by atoms with Crippen molar-refractivity contribution in [1.29, 1.82) is 0 Å². The van der Waals surface area contributed by atoms with E-state index in [1.54, 1.807) is 19.9 Å². The largest absolute Gasteiger partial charge is 0.342 e. The van der Waals surface area contributed by atoms with Crippen molar-refractivity contribution in [1.82, 2.24) is 9.97 Å². The summed E-state index contributed by atoms with van der Waals surface area (Å²) in [6.45, 7) is 5.44. The van der Waals surface area contributed by atoms with Gasteiger partial charge in [-0.1, -0.05) is 29.8 Å². The molecule has 0 atom stereocenters. The van der Waals surface area contributed by atoms with E-state index in [2.05, 4.69) is 9.97 Å². The van der Waals surface area contributed by atoms with Crippen LogP contribution in [0.3, 0.4) is 0 Å². The normalized spacial score (nSPS) is 11.8. The third-order valence-electron chi connectivity index (χ3n) is 3.41. The van der Waals surface area contributed by atoms with Crippen LogP contribution in [0.4, 0.5) is 0 Å². The van der Waals surface area contributed by atoms with Crippen LogP contribution in [-0.2, 0) is 10.1 Å². The zero-order valence-electron chi connectivity index (χ0n) is 12.5. The lowest BCUT2D eigenvalue weighted by atomic mass is 10.1. The fourth-order valence-corrected chi connectivity index (χ4v) is 3.95. The number of rotatable bonds is 3. The first-order chi connectivity index (χ1) is 10.4. The molecule has 0 fully saturated rings. The monoisotopic (exact) mass is 316 g/mol. The van der Waals surface area contributed by atoms with Crippen molar-refractivity contribution in [3.8, 4) is 6.01 Å². The van der Waals surface area contributed by atoms with Crippen LogP contribution in [0, 0.1) is 20.8 Å². The van der Waals surface area contributed by atoms with Crippen LogP contribution in [0.25, 0.3) is 11.0 Å². The third-order valence-corrected chi connectivity index (χ3v) is 4.93. The molecule has 0 aliphatic heterocycles. The second-order valence-corrected chi connectivity index (χ2v) is 6.81. The molecule has 6 heteroatoms. The molecule has 2 aromatic carbocycles. The van der Waals surface area contributed by atoms with E-state index < -0.39 is 10.1 Å². The van der Waals surface area contributed by atoms with E-state index >= 15 is 0 Å². The Labute approximate surface area is 129 Å². The molecule has 3 aromatic rings. The summed E-state index contributed by atoms with van der Waals surface area (Å²) in [5.74, 6) is 0. The molecule has 0 aliphatic carbocycles. The Bertz CT molecular complexity index is 902. The Morgan fingerprint density at radius 2 is 1.68 bits per heavy atom. The van der Waals surface area contributed by atoms with E-state index in [1.165, 1.54) is 0 Å². The van der Waals surface area contributed by atoms with E-state index in [4.69, 9.17) is 4.18 Å². The minimum absolute atomic E-state index is 0.0272. The molecular formula is C16H16N2O3S. The quantitative estimate of drug-likeness (QED) is 0.753. The van der Waals surface area contributed by atoms with Gasteiger partial charge in [-0.2, -0.15) is 13.4 Å². The summed E-state index contributed by atoms with van der Waals surface area (Å²) in [4.78, 5) is 7.20. The molecule has 0 radical (unpaired) electrons. The maximum absolute atomic E-state index is 12.5. The van der Waals surface area contributed by atoms with E-state index in [9.17, 15) is 8.42 Å². The fourth-order valence-electron chi connectivity index (χ4n) is 2.68. The number of benzene rings is 2. The van der Waals surface area contributed by atoms with Crippen molar-refractivity contribution in [3.63, 3.8) is 0 Å². The second kappa shape index (κ2) is 5.14. The molecule has 1 N–H and O–H groups in total. The first-order valence-electron chi connectivity index (χ1n) is 6.84. The predicted octanol–water partition coefficient (Wildman–Crippen LogP) is 3.26. The first kappa shape index (κ1) is 14.6. The Morgan fingerprint density at radius 1 is 1.05 bits per heavy atom. The molecule has 0 aliphatic rings. The maximum Gasteiger partial charge on any atom is 0.342 e. The highest BCUT2D eigenvalue weighted by molar-refractivity contribution is 7.87. The van der Waals surface area contributed by atoms with Gasteiger partial charge in [0.15, 0.2) is 0 Å². The average Bonchev–Trinajstić information content (AvgIpc) is 2.77. The summed E-state index contributed by atoms with van der Waals surface area (Å²) in [6.07, 6.45) is 0. The van der Waals surface area contributed by atoms with Crippen LogP contribution in [0.15, 0.2) is 41.3 Å². The van der Waals surface area contributed by atoms with Crippen molar-refractivity contribution in [2.75, 3.05) is 0 Å². The molecule has 114 valence electrons. The molecule has 0 bridgehead atoms. The fraction of sp³-hybridized carbons (Fsp3) is 0.188. The molecule has 5 nitrogen and oxygen atoms in total. The number of nitrogens with zero attached hydrogens (tertiary/aromatic N) is 1. The molecular weight excluding hydrogens is 300 g/mol. The topological polar surface area (TPSA) is 72.1 Å². The van der Waals surface area contributed by atoms with Gasteiger partial charge in [0.25, 0.3) is 0 Å². The van der Waals surface area contributed by atoms with Gasteiger partial charge in [0, 0.05) is 0 Å². The molecule has 0 spiro atoms. The van der Waals surface area contributed by atoms with E-state index in [0.717, 1.165) is 11.1 Å². The number of aromatic nitrogens is 2. The van der Waals surface area contributed by atoms with Gasteiger partial charge in [-0.25, -0.2) is 0 Å². The van der Waals surface area contributed by atoms with Gasteiger partial charge in [0.05, 0.1) is 11.0 Å². The van der Waals surface area contributed by atoms with Gasteiger partial charge < -0.3 is 9.17 Å². The molecule has 0 saturated carbocycles. The lowest BCUT2D eigenvalue weighted by molar-refractivity contribution is 0.467.